The van der Waals surface area contributed by atoms with E-state index in [0.29, 0.717) is 38.4 Å². The molecule has 0 unspecified atom stereocenters. The van der Waals surface area contributed by atoms with Gasteiger partial charge in [-0.05, 0) is 55.5 Å². The lowest BCUT2D eigenvalue weighted by atomic mass is 10.0. The van der Waals surface area contributed by atoms with Gasteiger partial charge in [-0.2, -0.15) is 5.26 Å². The summed E-state index contributed by atoms with van der Waals surface area (Å²) >= 11 is 12.2. The van der Waals surface area contributed by atoms with Crippen LogP contribution in [0.4, 0.5) is 5.69 Å². The van der Waals surface area contributed by atoms with Crippen LogP contribution in [-0.2, 0) is 7.05 Å². The first kappa shape index (κ1) is 23.2. The molecule has 0 aliphatic heterocycles. The highest BCUT2D eigenvalue weighted by molar-refractivity contribution is 6.31. The summed E-state index contributed by atoms with van der Waals surface area (Å²) in [4.78, 5) is 33.5. The summed E-state index contributed by atoms with van der Waals surface area (Å²) in [6.07, 6.45) is 0. The summed E-state index contributed by atoms with van der Waals surface area (Å²) < 4.78 is 1.42. The third-order valence-corrected chi connectivity index (χ3v) is 5.78. The summed E-state index contributed by atoms with van der Waals surface area (Å²) in [5.74, 6) is -0.819. The van der Waals surface area contributed by atoms with Crippen molar-refractivity contribution in [3.63, 3.8) is 0 Å². The van der Waals surface area contributed by atoms with E-state index in [1.807, 2.05) is 0 Å². The van der Waals surface area contributed by atoms with Gasteiger partial charge in [-0.1, -0.05) is 23.2 Å². The van der Waals surface area contributed by atoms with E-state index in [1.54, 1.807) is 50.4 Å². The Kier molecular flexibility index (Phi) is 6.24. The number of hydrogen-bond acceptors (Lipinski definition) is 6. The summed E-state index contributed by atoms with van der Waals surface area (Å²) in [5.41, 5.74) is 1.91. The molecule has 0 aliphatic rings. The Bertz CT molecular complexity index is 1540. The van der Waals surface area contributed by atoms with Crippen LogP contribution in [0.3, 0.4) is 0 Å². The van der Waals surface area contributed by atoms with Gasteiger partial charge in [-0.25, -0.2) is 14.8 Å². The number of nitriles is 1. The van der Waals surface area contributed by atoms with Crippen LogP contribution in [-0.4, -0.2) is 25.6 Å². The molecule has 0 fully saturated rings. The van der Waals surface area contributed by atoms with Crippen molar-refractivity contribution >= 4 is 45.8 Å². The quantitative estimate of drug-likeness (QED) is 0.373. The maximum atomic E-state index is 13.2. The molecule has 2 aromatic carbocycles. The SMILES string of the molecule is C[C@@H](Nc1ccc(Cl)nc1C(=O)O)c1cc(Cl)cc2c(=O)n(C)c(-c3ccc(C#N)cc3)nc12. The van der Waals surface area contributed by atoms with Crippen molar-refractivity contribution in [2.24, 2.45) is 7.05 Å². The van der Waals surface area contributed by atoms with Crippen LogP contribution in [0.2, 0.25) is 10.2 Å². The number of pyridine rings is 1. The van der Waals surface area contributed by atoms with Gasteiger partial charge in [0.1, 0.15) is 11.0 Å². The molecule has 0 saturated heterocycles. The Labute approximate surface area is 204 Å². The Morgan fingerprint density at radius 3 is 2.50 bits per heavy atom. The van der Waals surface area contributed by atoms with E-state index in [9.17, 15) is 14.7 Å². The van der Waals surface area contributed by atoms with E-state index in [4.69, 9.17) is 33.4 Å². The van der Waals surface area contributed by atoms with Crippen LogP contribution >= 0.6 is 23.2 Å². The molecule has 170 valence electrons. The van der Waals surface area contributed by atoms with Gasteiger partial charge in [-0.3, -0.25) is 9.36 Å². The van der Waals surface area contributed by atoms with Crippen molar-refractivity contribution < 1.29 is 9.90 Å². The second kappa shape index (κ2) is 9.14. The Morgan fingerprint density at radius 1 is 1.15 bits per heavy atom. The second-order valence-electron chi connectivity index (χ2n) is 7.58. The predicted octanol–water partition coefficient (Wildman–Crippen LogP) is 5.05. The number of hydrogen-bond donors (Lipinski definition) is 2. The van der Waals surface area contributed by atoms with Crippen molar-refractivity contribution in [3.8, 4) is 17.5 Å². The lowest BCUT2D eigenvalue weighted by Crippen LogP contribution is -2.22. The van der Waals surface area contributed by atoms with Gasteiger partial charge in [0, 0.05) is 23.2 Å². The fraction of sp³-hybridized carbons (Fsp3) is 0.125. The summed E-state index contributed by atoms with van der Waals surface area (Å²) in [6, 6.07) is 14.6. The van der Waals surface area contributed by atoms with Crippen molar-refractivity contribution in [1.29, 1.82) is 5.26 Å². The minimum absolute atomic E-state index is 0.0565. The maximum Gasteiger partial charge on any atom is 0.356 e. The molecule has 0 spiro atoms. The maximum absolute atomic E-state index is 13.2. The molecule has 1 atom stereocenters. The topological polar surface area (TPSA) is 121 Å². The first-order valence-electron chi connectivity index (χ1n) is 10.1. The van der Waals surface area contributed by atoms with Gasteiger partial charge in [0.2, 0.25) is 0 Å². The monoisotopic (exact) mass is 493 g/mol. The second-order valence-corrected chi connectivity index (χ2v) is 8.40. The van der Waals surface area contributed by atoms with Gasteiger partial charge in [0.15, 0.2) is 5.69 Å². The van der Waals surface area contributed by atoms with Crippen molar-refractivity contribution in [1.82, 2.24) is 14.5 Å². The summed E-state index contributed by atoms with van der Waals surface area (Å²) in [5, 5.41) is 22.4. The largest absolute Gasteiger partial charge is 0.476 e. The molecular weight excluding hydrogens is 477 g/mol. The van der Waals surface area contributed by atoms with Crippen molar-refractivity contribution in [2.75, 3.05) is 5.32 Å². The zero-order valence-electron chi connectivity index (χ0n) is 18.0. The lowest BCUT2D eigenvalue weighted by Gasteiger charge is -2.20. The van der Waals surface area contributed by atoms with E-state index in [1.165, 1.54) is 16.7 Å². The van der Waals surface area contributed by atoms with E-state index >= 15 is 0 Å². The van der Waals surface area contributed by atoms with Crippen LogP contribution in [0, 0.1) is 11.3 Å². The Morgan fingerprint density at radius 2 is 1.85 bits per heavy atom. The molecule has 0 aliphatic carbocycles. The fourth-order valence-corrected chi connectivity index (χ4v) is 4.05. The molecule has 0 radical (unpaired) electrons. The number of carboxylic acids is 1. The van der Waals surface area contributed by atoms with Crippen molar-refractivity contribution in [3.05, 3.63) is 85.9 Å². The first-order chi connectivity index (χ1) is 16.2. The number of aromatic nitrogens is 3. The molecule has 0 saturated carbocycles. The number of rotatable bonds is 5. The van der Waals surface area contributed by atoms with E-state index in [0.717, 1.165) is 0 Å². The molecule has 10 heteroatoms. The molecule has 4 rings (SSSR count). The molecule has 0 bridgehead atoms. The third-order valence-electron chi connectivity index (χ3n) is 5.35. The van der Waals surface area contributed by atoms with Gasteiger partial charge < -0.3 is 10.4 Å². The van der Waals surface area contributed by atoms with Crippen LogP contribution in [0.15, 0.2) is 53.3 Å². The highest BCUT2D eigenvalue weighted by atomic mass is 35.5. The summed E-state index contributed by atoms with van der Waals surface area (Å²) in [6.45, 7) is 1.80. The minimum atomic E-state index is -1.23. The van der Waals surface area contributed by atoms with E-state index in [2.05, 4.69) is 16.4 Å². The summed E-state index contributed by atoms with van der Waals surface area (Å²) in [7, 11) is 1.61. The predicted molar refractivity (Wildman–Crippen MR) is 130 cm³/mol. The molecule has 4 aromatic rings. The molecule has 0 amide bonds. The van der Waals surface area contributed by atoms with E-state index < -0.39 is 12.0 Å². The van der Waals surface area contributed by atoms with Crippen LogP contribution in [0.1, 0.15) is 34.6 Å². The minimum Gasteiger partial charge on any atom is -0.476 e. The number of nitrogens with one attached hydrogen (secondary N) is 1. The number of carbonyl (C=O) groups is 1. The third kappa shape index (κ3) is 4.31. The van der Waals surface area contributed by atoms with Gasteiger partial charge in [0.05, 0.1) is 34.3 Å². The molecule has 2 N–H and O–H groups in total. The molecule has 34 heavy (non-hydrogen) atoms. The van der Waals surface area contributed by atoms with Gasteiger partial charge >= 0.3 is 5.97 Å². The standard InChI is InChI=1S/C24H17Cl2N5O3/c1-12(28-18-7-8-19(26)29-21(18)24(33)34)16-9-15(25)10-17-20(16)30-22(31(2)23(17)32)14-5-3-13(11-27)4-6-14/h3-10,12,28H,1-2H3,(H,33,34)/t12-/m1/s1. The molecule has 8 nitrogen and oxygen atoms in total. The van der Waals surface area contributed by atoms with E-state index in [-0.39, 0.29) is 22.1 Å². The highest BCUT2D eigenvalue weighted by Crippen LogP contribution is 2.30. The smallest absolute Gasteiger partial charge is 0.356 e. The average Bonchev–Trinajstić information content (AvgIpc) is 2.82. The number of carboxylic acid groups (broad SMARTS) is 1. The van der Waals surface area contributed by atoms with Gasteiger partial charge in [-0.15, -0.1) is 0 Å². The van der Waals surface area contributed by atoms with Crippen LogP contribution in [0.25, 0.3) is 22.3 Å². The normalized spacial score (nSPS) is 11.7. The number of aromatic carboxylic acids is 1. The number of anilines is 1. The molecular formula is C24H17Cl2N5O3. The lowest BCUT2D eigenvalue weighted by molar-refractivity contribution is 0.0691. The zero-order chi connectivity index (χ0) is 24.6. The average molecular weight is 494 g/mol. The highest BCUT2D eigenvalue weighted by Gasteiger charge is 2.20. The molecule has 2 aromatic heterocycles. The Hall–Kier alpha value is -3.93. The molecule has 2 heterocycles. The number of fused-ring (bicyclic) bond motifs is 1. The fourth-order valence-electron chi connectivity index (χ4n) is 3.67. The Balaban J connectivity index is 1.88. The first-order valence-corrected chi connectivity index (χ1v) is 10.8. The number of nitrogens with zero attached hydrogens (tertiary/aromatic N) is 4. The van der Waals surface area contributed by atoms with Gasteiger partial charge in [0.25, 0.3) is 5.56 Å². The number of benzene rings is 2. The van der Waals surface area contributed by atoms with Crippen LogP contribution in [0.5, 0.6) is 0 Å². The zero-order valence-corrected chi connectivity index (χ0v) is 19.5. The number of halogens is 2. The van der Waals surface area contributed by atoms with Crippen LogP contribution < -0.4 is 10.9 Å². The van der Waals surface area contributed by atoms with Crippen molar-refractivity contribution in [2.45, 2.75) is 13.0 Å².